The van der Waals surface area contributed by atoms with E-state index < -0.39 is 53.0 Å². The highest BCUT2D eigenvalue weighted by molar-refractivity contribution is 5.91. The molecular formula is C29H33F3O6. The Labute approximate surface area is 220 Å². The number of allylic oxidation sites excluding steroid dienone is 3. The van der Waals surface area contributed by atoms with Crippen LogP contribution in [-0.4, -0.2) is 49.1 Å². The van der Waals surface area contributed by atoms with Gasteiger partial charge in [-0.25, -0.2) is 9.59 Å². The summed E-state index contributed by atoms with van der Waals surface area (Å²) >= 11 is 0. The van der Waals surface area contributed by atoms with Gasteiger partial charge in [0.1, 0.15) is 17.8 Å². The maximum atomic E-state index is 14.5. The summed E-state index contributed by atoms with van der Waals surface area (Å²) in [7, 11) is 0.828. The van der Waals surface area contributed by atoms with E-state index in [-0.39, 0.29) is 18.1 Å². The molecule has 1 aromatic carbocycles. The van der Waals surface area contributed by atoms with Gasteiger partial charge in [0.15, 0.2) is 0 Å². The smallest absolute Gasteiger partial charge is 0.432 e. The molecule has 0 N–H and O–H groups in total. The number of hydrogen-bond acceptors (Lipinski definition) is 6. The molecule has 2 heterocycles. The van der Waals surface area contributed by atoms with Crippen molar-refractivity contribution >= 4 is 11.9 Å². The zero-order valence-electron chi connectivity index (χ0n) is 21.8. The first-order valence-corrected chi connectivity index (χ1v) is 12.7. The van der Waals surface area contributed by atoms with Gasteiger partial charge < -0.3 is 18.9 Å². The summed E-state index contributed by atoms with van der Waals surface area (Å²) in [5, 5.41) is 0. The van der Waals surface area contributed by atoms with Gasteiger partial charge in [-0.3, -0.25) is 0 Å². The molecule has 0 bridgehead atoms. The predicted octanol–water partition coefficient (Wildman–Crippen LogP) is 5.72. The zero-order valence-corrected chi connectivity index (χ0v) is 21.8. The second kappa shape index (κ2) is 10.7. The Bertz CT molecular complexity index is 1130. The van der Waals surface area contributed by atoms with E-state index in [4.69, 9.17) is 18.9 Å². The van der Waals surface area contributed by atoms with Gasteiger partial charge in [0.2, 0.25) is 0 Å². The number of rotatable bonds is 4. The van der Waals surface area contributed by atoms with Gasteiger partial charge in [-0.15, -0.1) is 0 Å². The molecule has 1 aliphatic carbocycles. The largest absolute Gasteiger partial charge is 0.457 e. The molecule has 0 radical (unpaired) electrons. The van der Waals surface area contributed by atoms with Crippen molar-refractivity contribution < 1.29 is 41.7 Å². The molecule has 6 nitrogen and oxygen atoms in total. The minimum Gasteiger partial charge on any atom is -0.457 e. The van der Waals surface area contributed by atoms with Gasteiger partial charge in [0.05, 0.1) is 6.10 Å². The Kier molecular flexibility index (Phi) is 7.91. The fourth-order valence-electron chi connectivity index (χ4n) is 5.35. The zero-order chi connectivity index (χ0) is 27.7. The maximum Gasteiger partial charge on any atom is 0.432 e. The van der Waals surface area contributed by atoms with Crippen LogP contribution in [0.5, 0.6) is 0 Å². The Balaban J connectivity index is 1.72. The molecule has 9 heteroatoms. The summed E-state index contributed by atoms with van der Waals surface area (Å²) in [6.45, 7) is 7.52. The Morgan fingerprint density at radius 3 is 2.50 bits per heavy atom. The van der Waals surface area contributed by atoms with E-state index in [1.54, 1.807) is 13.0 Å². The van der Waals surface area contributed by atoms with Gasteiger partial charge in [-0.2, -0.15) is 13.2 Å². The lowest BCUT2D eigenvalue weighted by Gasteiger charge is -2.35. The fourth-order valence-corrected chi connectivity index (χ4v) is 5.35. The van der Waals surface area contributed by atoms with Crippen molar-refractivity contribution in [1.82, 2.24) is 0 Å². The minimum absolute atomic E-state index is 0.0000401. The summed E-state index contributed by atoms with van der Waals surface area (Å²) in [6.07, 6.45) is 1.59. The molecule has 1 aromatic rings. The number of halogens is 3. The van der Waals surface area contributed by atoms with Crippen LogP contribution in [0.1, 0.15) is 51.5 Å². The highest BCUT2D eigenvalue weighted by atomic mass is 19.4. The number of hydrogen-bond donors (Lipinski definition) is 0. The van der Waals surface area contributed by atoms with Gasteiger partial charge in [-0.05, 0) is 52.0 Å². The number of ether oxygens (including phenoxy) is 4. The van der Waals surface area contributed by atoms with Gasteiger partial charge in [-0.1, -0.05) is 54.6 Å². The van der Waals surface area contributed by atoms with Crippen molar-refractivity contribution in [3.8, 4) is 0 Å². The van der Waals surface area contributed by atoms with Crippen molar-refractivity contribution in [1.29, 1.82) is 0 Å². The number of epoxide rings is 1. The van der Waals surface area contributed by atoms with Gasteiger partial charge in [0.25, 0.3) is 5.60 Å². The van der Waals surface area contributed by atoms with Gasteiger partial charge >= 0.3 is 18.1 Å². The van der Waals surface area contributed by atoms with Crippen LogP contribution in [0, 0.1) is 5.92 Å². The Morgan fingerprint density at radius 2 is 1.84 bits per heavy atom. The maximum absolute atomic E-state index is 14.5. The molecule has 5 unspecified atom stereocenters. The van der Waals surface area contributed by atoms with E-state index in [0.29, 0.717) is 12.8 Å². The normalized spacial score (nSPS) is 33.9. The number of carbonyl (C=O) groups is 2. The Hall–Kier alpha value is -2.91. The molecule has 38 heavy (non-hydrogen) atoms. The molecule has 0 amide bonds. The van der Waals surface area contributed by atoms with Crippen LogP contribution in [0.25, 0.3) is 0 Å². The summed E-state index contributed by atoms with van der Waals surface area (Å²) < 4.78 is 65.7. The van der Waals surface area contributed by atoms with E-state index in [0.717, 1.165) is 25.5 Å². The molecule has 2 aliphatic heterocycles. The number of alkyl halides is 3. The number of carbonyl (C=O) groups excluding carboxylic acids is 2. The van der Waals surface area contributed by atoms with Crippen molar-refractivity contribution in [3.63, 3.8) is 0 Å². The molecule has 6 atom stereocenters. The SMILES string of the molecule is C=C1C(=O)OC2/C=C(\C)CC/C=C\CCC3OC3(C)C(OC(=O)[C@](OC)(c3ccccc3)C(F)(F)F)CC12. The summed E-state index contributed by atoms with van der Waals surface area (Å²) in [5.41, 5.74) is -3.60. The van der Waals surface area contributed by atoms with Crippen LogP contribution >= 0.6 is 0 Å². The quantitative estimate of drug-likeness (QED) is 0.213. The molecule has 2 saturated heterocycles. The van der Waals surface area contributed by atoms with Crippen molar-refractivity contribution in [2.45, 2.75) is 81.6 Å². The van der Waals surface area contributed by atoms with Crippen LogP contribution < -0.4 is 0 Å². The first-order valence-electron chi connectivity index (χ1n) is 12.7. The average Bonchev–Trinajstić information content (AvgIpc) is 3.45. The third kappa shape index (κ3) is 5.18. The van der Waals surface area contributed by atoms with E-state index in [9.17, 15) is 22.8 Å². The highest BCUT2D eigenvalue weighted by Crippen LogP contribution is 2.49. The number of esters is 2. The summed E-state index contributed by atoms with van der Waals surface area (Å²) in [5.74, 6) is -2.78. The third-order valence-corrected chi connectivity index (χ3v) is 7.77. The summed E-state index contributed by atoms with van der Waals surface area (Å²) in [6, 6.07) is 6.67. The first-order chi connectivity index (χ1) is 17.9. The second-order valence-electron chi connectivity index (χ2n) is 10.3. The minimum atomic E-state index is -5.12. The molecule has 4 rings (SSSR count). The predicted molar refractivity (Wildman–Crippen MR) is 133 cm³/mol. The number of benzene rings is 1. The second-order valence-corrected chi connectivity index (χ2v) is 10.3. The monoisotopic (exact) mass is 534 g/mol. The molecule has 0 spiro atoms. The number of fused-ring (bicyclic) bond motifs is 2. The molecule has 0 aromatic heterocycles. The molecule has 0 saturated carbocycles. The standard InChI is InChI=1S/C29H33F3O6/c1-18-12-8-5-6-11-15-23-27(3,38-23)24(17-21-19(2)25(33)36-22(21)16-18)37-26(34)28(35-4,29(30,31)32)20-13-9-7-10-14-20/h5-7,9-10,13-14,16,21-24H,2,8,11-12,15,17H2,1,3-4H3/b6-5-,18-16+/t21?,22?,23?,24?,27?,28-/m1/s1. The van der Waals surface area contributed by atoms with Crippen molar-refractivity contribution in [2.75, 3.05) is 7.11 Å². The van der Waals surface area contributed by atoms with E-state index in [2.05, 4.69) is 12.7 Å². The van der Waals surface area contributed by atoms with Crippen molar-refractivity contribution in [2.24, 2.45) is 5.92 Å². The fraction of sp³-hybridized carbons (Fsp3) is 0.517. The molecule has 2 fully saturated rings. The lowest BCUT2D eigenvalue weighted by atomic mass is 9.84. The van der Waals surface area contributed by atoms with Crippen molar-refractivity contribution in [3.05, 3.63) is 71.8 Å². The first kappa shape index (κ1) is 28.1. The average molecular weight is 535 g/mol. The van der Waals surface area contributed by atoms with Crippen LogP contribution in [0.4, 0.5) is 13.2 Å². The third-order valence-electron chi connectivity index (χ3n) is 7.77. The number of methoxy groups -OCH3 is 1. The van der Waals surface area contributed by atoms with E-state index >= 15 is 0 Å². The van der Waals surface area contributed by atoms with Crippen LogP contribution in [0.2, 0.25) is 0 Å². The lowest BCUT2D eigenvalue weighted by Crippen LogP contribution is -2.53. The molecular weight excluding hydrogens is 501 g/mol. The Morgan fingerprint density at radius 1 is 1.16 bits per heavy atom. The molecule has 3 aliphatic rings. The molecule has 206 valence electrons. The van der Waals surface area contributed by atoms with Crippen LogP contribution in [-0.2, 0) is 34.1 Å². The van der Waals surface area contributed by atoms with Crippen LogP contribution in [0.3, 0.4) is 0 Å². The van der Waals surface area contributed by atoms with Gasteiger partial charge in [0, 0.05) is 24.2 Å². The van der Waals surface area contributed by atoms with E-state index in [1.807, 2.05) is 19.1 Å². The summed E-state index contributed by atoms with van der Waals surface area (Å²) in [4.78, 5) is 26.0. The van der Waals surface area contributed by atoms with Crippen LogP contribution in [0.15, 0.2) is 66.3 Å². The van der Waals surface area contributed by atoms with E-state index in [1.165, 1.54) is 24.3 Å². The topological polar surface area (TPSA) is 74.4 Å². The lowest BCUT2D eigenvalue weighted by molar-refractivity contribution is -0.279. The highest BCUT2D eigenvalue weighted by Gasteiger charge is 2.66.